The van der Waals surface area contributed by atoms with Gasteiger partial charge in [0.15, 0.2) is 0 Å². The molecule has 0 spiro atoms. The number of piperidine rings is 1. The Morgan fingerprint density at radius 3 is 2.60 bits per heavy atom. The molecule has 40 heavy (non-hydrogen) atoms. The number of anilines is 2. The van der Waals surface area contributed by atoms with Crippen molar-refractivity contribution >= 4 is 23.8 Å². The molecule has 216 valence electrons. The van der Waals surface area contributed by atoms with Crippen molar-refractivity contribution in [2.75, 3.05) is 43.1 Å². The Bertz CT molecular complexity index is 1280. The first kappa shape index (κ1) is 27.8. The Morgan fingerprint density at radius 1 is 1.15 bits per heavy atom. The van der Waals surface area contributed by atoms with Crippen molar-refractivity contribution in [3.05, 3.63) is 29.3 Å². The van der Waals surface area contributed by atoms with Gasteiger partial charge >= 0.3 is 12.3 Å². The van der Waals surface area contributed by atoms with Crippen LogP contribution in [0.3, 0.4) is 0 Å². The lowest BCUT2D eigenvalue weighted by Crippen LogP contribution is -2.47. The van der Waals surface area contributed by atoms with Gasteiger partial charge in [-0.15, -0.1) is 0 Å². The maximum absolute atomic E-state index is 13.5. The van der Waals surface area contributed by atoms with E-state index in [4.69, 9.17) is 14.2 Å². The standard InChI is InChI=1S/C25H30F3N7O5/c1-24(2,3)40-23(37)35-8-6-16-18(21(35)36)30-13-31-19(16)34-7-4-5-14(10-34)32-22-29-9-17(25(26,27)28)20(33-22)39-15-11-38-12-15/h9,13-15H,4-8,10-12H2,1-3H3,(H,29,32,33)/t14-/m1/s1. The summed E-state index contributed by atoms with van der Waals surface area (Å²) in [5.41, 5.74) is -1.02. The molecule has 3 aliphatic heterocycles. The third kappa shape index (κ3) is 6.03. The topological polar surface area (TPSA) is 132 Å². The van der Waals surface area contributed by atoms with E-state index in [9.17, 15) is 22.8 Å². The molecule has 2 aromatic rings. The predicted molar refractivity (Wildman–Crippen MR) is 134 cm³/mol. The van der Waals surface area contributed by atoms with Crippen LogP contribution in [0.2, 0.25) is 0 Å². The molecule has 0 saturated carbocycles. The van der Waals surface area contributed by atoms with Crippen LogP contribution in [-0.2, 0) is 22.1 Å². The van der Waals surface area contributed by atoms with Crippen LogP contribution in [0.4, 0.5) is 29.7 Å². The van der Waals surface area contributed by atoms with E-state index in [0.717, 1.165) is 11.3 Å². The lowest BCUT2D eigenvalue weighted by atomic mass is 10.0. The number of ether oxygens (including phenoxy) is 3. The van der Waals surface area contributed by atoms with Crippen LogP contribution < -0.4 is 15.0 Å². The molecule has 0 aromatic carbocycles. The van der Waals surface area contributed by atoms with E-state index in [-0.39, 0.29) is 37.4 Å². The summed E-state index contributed by atoms with van der Waals surface area (Å²) in [7, 11) is 0. The lowest BCUT2D eigenvalue weighted by Gasteiger charge is -2.36. The fraction of sp³-hybridized carbons (Fsp3) is 0.600. The molecular formula is C25H30F3N7O5. The smallest absolute Gasteiger partial charge is 0.423 e. The number of halogens is 3. The molecule has 2 saturated heterocycles. The zero-order valence-corrected chi connectivity index (χ0v) is 22.3. The first-order valence-corrected chi connectivity index (χ1v) is 13.0. The summed E-state index contributed by atoms with van der Waals surface area (Å²) in [4.78, 5) is 45.2. The summed E-state index contributed by atoms with van der Waals surface area (Å²) < 4.78 is 56.2. The molecule has 15 heteroatoms. The van der Waals surface area contributed by atoms with Gasteiger partial charge in [-0.25, -0.2) is 24.6 Å². The molecule has 0 bridgehead atoms. The molecule has 5 rings (SSSR count). The molecule has 1 atom stereocenters. The second kappa shape index (κ2) is 10.7. The van der Waals surface area contributed by atoms with Gasteiger partial charge in [0.05, 0.1) is 13.2 Å². The number of imide groups is 1. The van der Waals surface area contributed by atoms with Crippen molar-refractivity contribution in [3.63, 3.8) is 0 Å². The van der Waals surface area contributed by atoms with Gasteiger partial charge in [0.2, 0.25) is 11.8 Å². The van der Waals surface area contributed by atoms with E-state index in [2.05, 4.69) is 25.3 Å². The summed E-state index contributed by atoms with van der Waals surface area (Å²) in [6.45, 7) is 6.78. The molecular weight excluding hydrogens is 535 g/mol. The number of nitrogens with zero attached hydrogens (tertiary/aromatic N) is 6. The summed E-state index contributed by atoms with van der Waals surface area (Å²) in [6, 6.07) is -0.214. The zero-order valence-electron chi connectivity index (χ0n) is 22.3. The molecule has 2 aromatic heterocycles. The number of alkyl halides is 3. The van der Waals surface area contributed by atoms with Crippen LogP contribution >= 0.6 is 0 Å². The van der Waals surface area contributed by atoms with Crippen LogP contribution in [0.5, 0.6) is 5.88 Å². The molecule has 12 nitrogen and oxygen atoms in total. The van der Waals surface area contributed by atoms with E-state index in [1.54, 1.807) is 20.8 Å². The van der Waals surface area contributed by atoms with Gasteiger partial charge in [0, 0.05) is 37.4 Å². The number of aromatic nitrogens is 4. The van der Waals surface area contributed by atoms with Crippen molar-refractivity contribution < 1.29 is 37.0 Å². The van der Waals surface area contributed by atoms with E-state index < -0.39 is 41.3 Å². The average Bonchev–Trinajstić information content (AvgIpc) is 2.85. The summed E-state index contributed by atoms with van der Waals surface area (Å²) in [6.07, 6.45) is -2.06. The number of carbonyl (C=O) groups excluding carboxylic acids is 2. The van der Waals surface area contributed by atoms with Gasteiger partial charge < -0.3 is 24.4 Å². The molecule has 1 N–H and O–H groups in total. The fourth-order valence-electron chi connectivity index (χ4n) is 4.66. The highest BCUT2D eigenvalue weighted by molar-refractivity contribution is 6.04. The fourth-order valence-corrected chi connectivity index (χ4v) is 4.66. The van der Waals surface area contributed by atoms with E-state index in [1.807, 2.05) is 4.90 Å². The lowest BCUT2D eigenvalue weighted by molar-refractivity contribution is -0.142. The first-order valence-electron chi connectivity index (χ1n) is 13.0. The Balaban J connectivity index is 1.31. The molecule has 0 radical (unpaired) electrons. The zero-order chi connectivity index (χ0) is 28.7. The minimum Gasteiger partial charge on any atom is -0.469 e. The van der Waals surface area contributed by atoms with Gasteiger partial charge in [-0.3, -0.25) is 4.79 Å². The molecule has 5 heterocycles. The van der Waals surface area contributed by atoms with Crippen molar-refractivity contribution in [2.24, 2.45) is 0 Å². The van der Waals surface area contributed by atoms with Crippen LogP contribution in [0.1, 0.15) is 55.2 Å². The highest BCUT2D eigenvalue weighted by atomic mass is 19.4. The van der Waals surface area contributed by atoms with Gasteiger partial charge in [0.25, 0.3) is 5.91 Å². The third-order valence-corrected chi connectivity index (χ3v) is 6.57. The number of rotatable bonds is 5. The highest BCUT2D eigenvalue weighted by Gasteiger charge is 2.39. The molecule has 2 fully saturated rings. The number of carbonyl (C=O) groups is 2. The molecule has 0 unspecified atom stereocenters. The van der Waals surface area contributed by atoms with Crippen LogP contribution in [0.25, 0.3) is 0 Å². The van der Waals surface area contributed by atoms with Crippen molar-refractivity contribution in [1.29, 1.82) is 0 Å². The quantitative estimate of drug-likeness (QED) is 0.574. The number of hydrogen-bond acceptors (Lipinski definition) is 11. The third-order valence-electron chi connectivity index (χ3n) is 6.57. The second-order valence-corrected chi connectivity index (χ2v) is 10.8. The largest absolute Gasteiger partial charge is 0.469 e. The van der Waals surface area contributed by atoms with Crippen LogP contribution in [0, 0.1) is 0 Å². The SMILES string of the molecule is CC(C)(C)OC(=O)N1CCc2c(ncnc2N2CCC[C@@H](Nc3ncc(C(F)(F)F)c(OC4COC4)n3)C2)C1=O. The Hall–Kier alpha value is -3.75. The Kier molecular flexibility index (Phi) is 7.42. The number of hydrogen-bond donors (Lipinski definition) is 1. The second-order valence-electron chi connectivity index (χ2n) is 10.8. The molecule has 3 aliphatic rings. The Labute approximate surface area is 228 Å². The number of nitrogens with one attached hydrogen (secondary N) is 1. The van der Waals surface area contributed by atoms with E-state index >= 15 is 0 Å². The van der Waals surface area contributed by atoms with Crippen molar-refractivity contribution in [1.82, 2.24) is 24.8 Å². The number of amides is 2. The molecule has 0 aliphatic carbocycles. The van der Waals surface area contributed by atoms with Gasteiger partial charge in [0.1, 0.15) is 35.1 Å². The highest BCUT2D eigenvalue weighted by Crippen LogP contribution is 2.36. The average molecular weight is 566 g/mol. The van der Waals surface area contributed by atoms with Gasteiger partial charge in [-0.2, -0.15) is 18.2 Å². The summed E-state index contributed by atoms with van der Waals surface area (Å²) in [5, 5.41) is 3.12. The molecule has 2 amide bonds. The normalized spacial score (nSPS) is 20.1. The summed E-state index contributed by atoms with van der Waals surface area (Å²) in [5.74, 6) is -0.490. The first-order chi connectivity index (χ1) is 18.9. The van der Waals surface area contributed by atoms with Gasteiger partial charge in [-0.1, -0.05) is 0 Å². The monoisotopic (exact) mass is 565 g/mol. The minimum absolute atomic E-state index is 0.0167. The van der Waals surface area contributed by atoms with Crippen molar-refractivity contribution in [2.45, 2.75) is 64.0 Å². The van der Waals surface area contributed by atoms with Crippen molar-refractivity contribution in [3.8, 4) is 5.88 Å². The van der Waals surface area contributed by atoms with Crippen LogP contribution in [0.15, 0.2) is 12.5 Å². The summed E-state index contributed by atoms with van der Waals surface area (Å²) >= 11 is 0. The maximum atomic E-state index is 13.5. The number of fused-ring (bicyclic) bond motifs is 1. The van der Waals surface area contributed by atoms with Gasteiger partial charge in [-0.05, 0) is 40.0 Å². The minimum atomic E-state index is -4.66. The van der Waals surface area contributed by atoms with E-state index in [1.165, 1.54) is 6.33 Å². The maximum Gasteiger partial charge on any atom is 0.423 e. The van der Waals surface area contributed by atoms with Crippen LogP contribution in [-0.4, -0.2) is 87.4 Å². The predicted octanol–water partition coefficient (Wildman–Crippen LogP) is 3.08. The van der Waals surface area contributed by atoms with E-state index in [0.29, 0.717) is 43.5 Å². The Morgan fingerprint density at radius 2 is 1.93 bits per heavy atom.